The van der Waals surface area contributed by atoms with Crippen LogP contribution in [-0.2, 0) is 11.3 Å². The van der Waals surface area contributed by atoms with Crippen molar-refractivity contribution in [3.8, 4) is 5.75 Å². The predicted octanol–water partition coefficient (Wildman–Crippen LogP) is 4.38. The van der Waals surface area contributed by atoms with E-state index >= 15 is 0 Å². The molecular formula is C21H20ClN3O3. The zero-order valence-corrected chi connectivity index (χ0v) is 16.6. The number of aromatic nitrogens is 2. The van der Waals surface area contributed by atoms with E-state index in [0.29, 0.717) is 23.7 Å². The van der Waals surface area contributed by atoms with Crippen LogP contribution in [0.4, 0.5) is 5.69 Å². The summed E-state index contributed by atoms with van der Waals surface area (Å²) in [6.07, 6.45) is 0. The summed E-state index contributed by atoms with van der Waals surface area (Å²) in [5.41, 5.74) is 3.55. The van der Waals surface area contributed by atoms with Gasteiger partial charge in [-0.3, -0.25) is 4.79 Å². The summed E-state index contributed by atoms with van der Waals surface area (Å²) in [5, 5.41) is 7.26. The summed E-state index contributed by atoms with van der Waals surface area (Å²) >= 11 is 6.41. The van der Waals surface area contributed by atoms with Crippen LogP contribution in [0, 0.1) is 13.8 Å². The maximum absolute atomic E-state index is 12.6. The molecule has 7 heteroatoms. The highest BCUT2D eigenvalue weighted by molar-refractivity contribution is 6.32. The maximum Gasteiger partial charge on any atom is 0.348 e. The highest BCUT2D eigenvalue weighted by Crippen LogP contribution is 2.24. The third-order valence-electron chi connectivity index (χ3n) is 4.11. The first-order chi connectivity index (χ1) is 13.3. The lowest BCUT2D eigenvalue weighted by molar-refractivity contribution is -0.114. The van der Waals surface area contributed by atoms with Gasteiger partial charge in [0.2, 0.25) is 5.91 Å². The number of carbonyl (C=O) groups excluding carboxylic acids is 2. The first-order valence-electron chi connectivity index (χ1n) is 8.72. The Labute approximate surface area is 168 Å². The Morgan fingerprint density at radius 2 is 1.71 bits per heavy atom. The lowest BCUT2D eigenvalue weighted by Crippen LogP contribution is -2.10. The molecule has 0 bridgehead atoms. The Balaban J connectivity index is 1.75. The van der Waals surface area contributed by atoms with E-state index in [1.165, 1.54) is 12.5 Å². The maximum atomic E-state index is 12.6. The number of rotatable bonds is 5. The molecule has 0 fully saturated rings. The average Bonchev–Trinajstić information content (AvgIpc) is 2.91. The molecular weight excluding hydrogens is 378 g/mol. The van der Waals surface area contributed by atoms with Crippen molar-refractivity contribution in [2.24, 2.45) is 0 Å². The Morgan fingerprint density at radius 1 is 1.07 bits per heavy atom. The van der Waals surface area contributed by atoms with Crippen molar-refractivity contribution < 1.29 is 14.3 Å². The second-order valence-corrected chi connectivity index (χ2v) is 6.85. The number of aryl methyl sites for hydroxylation is 2. The van der Waals surface area contributed by atoms with Crippen molar-refractivity contribution in [1.29, 1.82) is 0 Å². The third kappa shape index (κ3) is 4.58. The highest BCUT2D eigenvalue weighted by atomic mass is 35.5. The van der Waals surface area contributed by atoms with Crippen LogP contribution in [0.15, 0.2) is 48.5 Å². The number of nitrogens with one attached hydrogen (secondary N) is 1. The van der Waals surface area contributed by atoms with E-state index in [1.807, 2.05) is 31.2 Å². The monoisotopic (exact) mass is 397 g/mol. The summed E-state index contributed by atoms with van der Waals surface area (Å²) in [4.78, 5) is 23.7. The van der Waals surface area contributed by atoms with E-state index in [0.717, 1.165) is 5.56 Å². The van der Waals surface area contributed by atoms with E-state index in [4.69, 9.17) is 16.3 Å². The van der Waals surface area contributed by atoms with Crippen LogP contribution < -0.4 is 10.1 Å². The van der Waals surface area contributed by atoms with Crippen LogP contribution in [0.1, 0.15) is 34.1 Å². The van der Waals surface area contributed by atoms with Gasteiger partial charge in [0.1, 0.15) is 16.5 Å². The van der Waals surface area contributed by atoms with Gasteiger partial charge in [-0.05, 0) is 43.7 Å². The Morgan fingerprint density at radius 3 is 2.32 bits per heavy atom. The molecule has 0 aliphatic rings. The Bertz CT molecular complexity index is 1010. The van der Waals surface area contributed by atoms with Crippen LogP contribution in [-0.4, -0.2) is 21.7 Å². The van der Waals surface area contributed by atoms with E-state index in [9.17, 15) is 9.59 Å². The van der Waals surface area contributed by atoms with Crippen LogP contribution >= 0.6 is 11.6 Å². The topological polar surface area (TPSA) is 73.2 Å². The molecule has 0 saturated heterocycles. The minimum Gasteiger partial charge on any atom is -0.423 e. The second-order valence-electron chi connectivity index (χ2n) is 6.49. The fourth-order valence-electron chi connectivity index (χ4n) is 2.72. The standard InChI is InChI=1S/C21H20ClN3O3/c1-13-4-6-16(7-5-13)12-25-20(22)19(14(2)24-25)21(27)28-18-10-8-17(9-11-18)23-15(3)26/h4-11H,12H2,1-3H3,(H,23,26). The van der Waals surface area contributed by atoms with Crippen molar-refractivity contribution >= 4 is 29.2 Å². The largest absolute Gasteiger partial charge is 0.423 e. The van der Waals surface area contributed by atoms with Crippen molar-refractivity contribution in [1.82, 2.24) is 9.78 Å². The highest BCUT2D eigenvalue weighted by Gasteiger charge is 2.22. The predicted molar refractivity (Wildman–Crippen MR) is 108 cm³/mol. The fraction of sp³-hybridized carbons (Fsp3) is 0.190. The zero-order valence-electron chi connectivity index (χ0n) is 15.8. The van der Waals surface area contributed by atoms with Gasteiger partial charge in [0, 0.05) is 12.6 Å². The first-order valence-corrected chi connectivity index (χ1v) is 9.09. The molecule has 3 aromatic rings. The summed E-state index contributed by atoms with van der Waals surface area (Å²) < 4.78 is 6.99. The molecule has 1 heterocycles. The van der Waals surface area contributed by atoms with E-state index in [1.54, 1.807) is 35.9 Å². The third-order valence-corrected chi connectivity index (χ3v) is 4.49. The number of amides is 1. The summed E-state index contributed by atoms with van der Waals surface area (Å²) in [6.45, 7) is 5.62. The van der Waals surface area contributed by atoms with Crippen LogP contribution in [0.2, 0.25) is 5.15 Å². The molecule has 0 atom stereocenters. The molecule has 0 spiro atoms. The van der Waals surface area contributed by atoms with Crippen LogP contribution in [0.25, 0.3) is 0 Å². The number of ether oxygens (including phenoxy) is 1. The molecule has 0 saturated carbocycles. The summed E-state index contributed by atoms with van der Waals surface area (Å²) in [5.74, 6) is -0.404. The van der Waals surface area contributed by atoms with Crippen molar-refractivity contribution in [3.05, 3.63) is 76.1 Å². The number of nitrogens with zero attached hydrogens (tertiary/aromatic N) is 2. The van der Waals surface area contributed by atoms with Crippen molar-refractivity contribution in [3.63, 3.8) is 0 Å². The van der Waals surface area contributed by atoms with Crippen molar-refractivity contribution in [2.45, 2.75) is 27.3 Å². The molecule has 3 rings (SSSR count). The second kappa shape index (κ2) is 8.27. The summed E-state index contributed by atoms with van der Waals surface area (Å²) in [6, 6.07) is 14.5. The van der Waals surface area contributed by atoms with E-state index in [-0.39, 0.29) is 16.6 Å². The normalized spacial score (nSPS) is 10.6. The smallest absolute Gasteiger partial charge is 0.348 e. The number of anilines is 1. The molecule has 0 aliphatic heterocycles. The average molecular weight is 398 g/mol. The Kier molecular flexibility index (Phi) is 5.80. The fourth-order valence-corrected chi connectivity index (χ4v) is 3.04. The molecule has 0 unspecified atom stereocenters. The van der Waals surface area contributed by atoms with Gasteiger partial charge in [-0.25, -0.2) is 9.48 Å². The number of hydrogen-bond donors (Lipinski definition) is 1. The molecule has 1 N–H and O–H groups in total. The molecule has 1 aromatic heterocycles. The number of esters is 1. The lowest BCUT2D eigenvalue weighted by atomic mass is 10.1. The lowest BCUT2D eigenvalue weighted by Gasteiger charge is -2.07. The Hall–Kier alpha value is -3.12. The van der Waals surface area contributed by atoms with E-state index < -0.39 is 5.97 Å². The molecule has 144 valence electrons. The van der Waals surface area contributed by atoms with Gasteiger partial charge < -0.3 is 10.1 Å². The minimum atomic E-state index is -0.579. The summed E-state index contributed by atoms with van der Waals surface area (Å²) in [7, 11) is 0. The number of hydrogen-bond acceptors (Lipinski definition) is 4. The van der Waals surface area contributed by atoms with Gasteiger partial charge in [0.25, 0.3) is 0 Å². The van der Waals surface area contributed by atoms with Crippen LogP contribution in [0.5, 0.6) is 5.75 Å². The molecule has 28 heavy (non-hydrogen) atoms. The molecule has 0 radical (unpaired) electrons. The van der Waals surface area contributed by atoms with Gasteiger partial charge in [-0.2, -0.15) is 5.10 Å². The van der Waals surface area contributed by atoms with Crippen molar-refractivity contribution in [2.75, 3.05) is 5.32 Å². The minimum absolute atomic E-state index is 0.173. The van der Waals surface area contributed by atoms with Gasteiger partial charge in [-0.1, -0.05) is 41.4 Å². The van der Waals surface area contributed by atoms with Gasteiger partial charge in [-0.15, -0.1) is 0 Å². The SMILES string of the molecule is CC(=O)Nc1ccc(OC(=O)c2c(C)nn(Cc3ccc(C)cc3)c2Cl)cc1. The zero-order chi connectivity index (χ0) is 20.3. The molecule has 2 aromatic carbocycles. The number of halogens is 1. The molecule has 6 nitrogen and oxygen atoms in total. The number of benzene rings is 2. The van der Waals surface area contributed by atoms with Gasteiger partial charge in [0.05, 0.1) is 12.2 Å². The van der Waals surface area contributed by atoms with Gasteiger partial charge >= 0.3 is 5.97 Å². The van der Waals surface area contributed by atoms with Crippen LogP contribution in [0.3, 0.4) is 0 Å². The quantitative estimate of drug-likeness (QED) is 0.512. The van der Waals surface area contributed by atoms with Gasteiger partial charge in [0.15, 0.2) is 0 Å². The molecule has 0 aliphatic carbocycles. The first kappa shape index (κ1) is 19.6. The number of carbonyl (C=O) groups is 2. The molecule has 1 amide bonds. The van der Waals surface area contributed by atoms with E-state index in [2.05, 4.69) is 10.4 Å².